The maximum atomic E-state index is 10.8. The van der Waals surface area contributed by atoms with Crippen molar-refractivity contribution in [2.45, 2.75) is 5.85 Å². The van der Waals surface area contributed by atoms with E-state index in [0.717, 1.165) is 13.2 Å². The van der Waals surface area contributed by atoms with Gasteiger partial charge < -0.3 is 14.0 Å². The minimum Gasteiger partial charge on any atom is -0.776 e. The molecule has 0 radical (unpaired) electrons. The van der Waals surface area contributed by atoms with Gasteiger partial charge in [0.2, 0.25) is 5.85 Å². The Morgan fingerprint density at radius 2 is 2.00 bits per heavy atom. The molecule has 0 fully saturated rings. The molecule has 0 saturated heterocycles. The molecule has 0 saturated carbocycles. The molecule has 10 heteroatoms. The summed E-state index contributed by atoms with van der Waals surface area (Å²) in [5, 5.41) is 8.26. The molecule has 0 N–H and O–H groups in total. The van der Waals surface area contributed by atoms with Gasteiger partial charge in [0, 0.05) is 7.11 Å². The van der Waals surface area contributed by atoms with Crippen LogP contribution in [0.5, 0.6) is 0 Å². The fourth-order valence-electron chi connectivity index (χ4n) is 0.406. The van der Waals surface area contributed by atoms with Crippen molar-refractivity contribution in [3.63, 3.8) is 0 Å². The number of rotatable bonds is 4. The van der Waals surface area contributed by atoms with E-state index in [4.69, 9.17) is 5.26 Å². The molecule has 0 aromatic heterocycles. The zero-order valence-corrected chi connectivity index (χ0v) is 9.54. The zero-order valence-electron chi connectivity index (χ0n) is 7.83. The van der Waals surface area contributed by atoms with E-state index in [1.54, 1.807) is 0 Å². The van der Waals surface area contributed by atoms with Gasteiger partial charge in [-0.3, -0.25) is 0 Å². The van der Waals surface area contributed by atoms with E-state index in [1.807, 2.05) is 0 Å². The van der Waals surface area contributed by atoms with Crippen LogP contribution in [0, 0.1) is 11.3 Å². The van der Waals surface area contributed by atoms with E-state index < -0.39 is 23.6 Å². The first-order valence-corrected chi connectivity index (χ1v) is 6.30. The average Bonchev–Trinajstić information content (AvgIpc) is 1.98. The van der Waals surface area contributed by atoms with Gasteiger partial charge in [0.05, 0.1) is 6.26 Å². The van der Waals surface area contributed by atoms with Crippen molar-refractivity contribution in [3.05, 3.63) is 0 Å². The number of hydrogen-bond donors (Lipinski definition) is 0. The minimum atomic E-state index is -4.59. The molecule has 2 atom stereocenters. The van der Waals surface area contributed by atoms with Gasteiger partial charge in [0.25, 0.3) is 10.1 Å². The van der Waals surface area contributed by atoms with Crippen LogP contribution in [-0.2, 0) is 23.4 Å². The van der Waals surface area contributed by atoms with Crippen LogP contribution >= 0.6 is 7.60 Å². The number of hydrogen-bond acceptors (Lipinski definition) is 7. The molecule has 14 heavy (non-hydrogen) atoms. The molecule has 0 spiro atoms. The second kappa shape index (κ2) is 5.89. The van der Waals surface area contributed by atoms with Crippen LogP contribution in [0.1, 0.15) is 0 Å². The van der Waals surface area contributed by atoms with Crippen LogP contribution in [0.3, 0.4) is 0 Å². The first kappa shape index (κ1) is 16.6. The van der Waals surface area contributed by atoms with Gasteiger partial charge in [-0.2, -0.15) is 13.7 Å². The predicted octanol–water partition coefficient (Wildman–Crippen LogP) is -3.98. The van der Waals surface area contributed by atoms with Crippen molar-refractivity contribution in [2.75, 3.05) is 13.4 Å². The van der Waals surface area contributed by atoms with E-state index in [1.165, 1.54) is 0 Å². The third-order valence-corrected chi connectivity index (χ3v) is 2.91. The Bertz CT molecular complexity index is 361. The molecule has 0 amide bonds. The van der Waals surface area contributed by atoms with Crippen molar-refractivity contribution < 1.29 is 45.4 Å². The van der Waals surface area contributed by atoms with E-state index in [-0.39, 0.29) is 18.9 Å². The molecule has 0 aliphatic rings. The zero-order chi connectivity index (χ0) is 10.7. The molecular weight excluding hydrogens is 228 g/mol. The number of nitrogens with zero attached hydrogens (tertiary/aromatic N) is 1. The first-order chi connectivity index (χ1) is 5.73. The first-order valence-electron chi connectivity index (χ1n) is 2.87. The Morgan fingerprint density at radius 3 is 2.21 bits per heavy atom. The largest absolute Gasteiger partial charge is 1.00 e. The van der Waals surface area contributed by atoms with E-state index in [2.05, 4.69) is 8.71 Å². The fourth-order valence-corrected chi connectivity index (χ4v) is 2.00. The van der Waals surface area contributed by atoms with Crippen molar-refractivity contribution in [2.24, 2.45) is 0 Å². The molecule has 0 rings (SSSR count). The Morgan fingerprint density at radius 1 is 1.57 bits per heavy atom. The Labute approximate surface area is 93.8 Å². The summed E-state index contributed by atoms with van der Waals surface area (Å²) in [5.41, 5.74) is 0. The average molecular weight is 235 g/mol. The molecular formula is C4H7LiNO6PS. The van der Waals surface area contributed by atoms with Crippen LogP contribution in [0.4, 0.5) is 0 Å². The van der Waals surface area contributed by atoms with Crippen LogP contribution < -0.4 is 23.8 Å². The smallest absolute Gasteiger partial charge is 0.776 e. The standard InChI is InChI=1S/C4H8NO6PS.Li/c1-10-12(6,7)4(3-5)11-13(2,8)9;/h4H,1-2H3,(H,6,7);/q;+1/p-1. The van der Waals surface area contributed by atoms with Gasteiger partial charge in [-0.15, -0.1) is 0 Å². The summed E-state index contributed by atoms with van der Waals surface area (Å²) >= 11 is 0. The van der Waals surface area contributed by atoms with Crippen molar-refractivity contribution in [3.8, 4) is 6.07 Å². The van der Waals surface area contributed by atoms with Crippen LogP contribution in [-0.4, -0.2) is 27.6 Å². The van der Waals surface area contributed by atoms with E-state index >= 15 is 0 Å². The minimum absolute atomic E-state index is 0. The normalized spacial score (nSPS) is 17.3. The van der Waals surface area contributed by atoms with Crippen LogP contribution in [0.2, 0.25) is 0 Å². The van der Waals surface area contributed by atoms with E-state index in [0.29, 0.717) is 6.26 Å². The van der Waals surface area contributed by atoms with Crippen LogP contribution in [0.25, 0.3) is 0 Å². The SMILES string of the molecule is COP(=O)([O-])C(C#N)OS(C)(=O)=O.[Li+]. The van der Waals surface area contributed by atoms with Crippen molar-refractivity contribution in [1.82, 2.24) is 0 Å². The van der Waals surface area contributed by atoms with Crippen molar-refractivity contribution >= 4 is 17.7 Å². The second-order valence-corrected chi connectivity index (χ2v) is 5.52. The molecule has 0 aliphatic heterocycles. The van der Waals surface area contributed by atoms with Gasteiger partial charge in [0.1, 0.15) is 6.07 Å². The van der Waals surface area contributed by atoms with Gasteiger partial charge in [-0.25, -0.2) is 4.18 Å². The summed E-state index contributed by atoms with van der Waals surface area (Å²) in [4.78, 5) is 10.8. The second-order valence-electron chi connectivity index (χ2n) is 2.00. The molecule has 0 bridgehead atoms. The third kappa shape index (κ3) is 5.79. The molecule has 0 aromatic carbocycles. The molecule has 0 aromatic rings. The summed E-state index contributed by atoms with van der Waals surface area (Å²) < 4.78 is 39.6. The summed E-state index contributed by atoms with van der Waals surface area (Å²) in [5.74, 6) is -2.13. The van der Waals surface area contributed by atoms with Gasteiger partial charge in [-0.1, -0.05) is 0 Å². The van der Waals surface area contributed by atoms with Gasteiger partial charge in [0.15, 0.2) is 7.60 Å². The quantitative estimate of drug-likeness (QED) is 0.277. The topological polar surface area (TPSA) is 117 Å². The fraction of sp³-hybridized carbons (Fsp3) is 0.750. The monoisotopic (exact) mass is 235 g/mol. The molecule has 0 heterocycles. The maximum absolute atomic E-state index is 10.8. The van der Waals surface area contributed by atoms with E-state index in [9.17, 15) is 17.9 Å². The van der Waals surface area contributed by atoms with Gasteiger partial charge >= 0.3 is 18.9 Å². The molecule has 7 nitrogen and oxygen atoms in total. The number of nitriles is 1. The third-order valence-electron chi connectivity index (χ3n) is 0.918. The van der Waals surface area contributed by atoms with Gasteiger partial charge in [-0.05, 0) is 0 Å². The Kier molecular flexibility index (Phi) is 6.97. The summed E-state index contributed by atoms with van der Waals surface area (Å²) in [7, 11) is -7.79. The Hall–Kier alpha value is 0.147. The summed E-state index contributed by atoms with van der Waals surface area (Å²) in [6.45, 7) is 0. The van der Waals surface area contributed by atoms with Crippen molar-refractivity contribution in [1.29, 1.82) is 5.26 Å². The molecule has 2 unspecified atom stereocenters. The molecule has 76 valence electrons. The molecule has 0 aliphatic carbocycles. The maximum Gasteiger partial charge on any atom is 1.00 e. The predicted molar refractivity (Wildman–Crippen MR) is 39.9 cm³/mol. The van der Waals surface area contributed by atoms with Crippen LogP contribution in [0.15, 0.2) is 0 Å². The summed E-state index contributed by atoms with van der Waals surface area (Å²) in [6, 6.07) is 1.15. The Balaban J connectivity index is 0. The summed E-state index contributed by atoms with van der Waals surface area (Å²) in [6.07, 6.45) is 0.632.